The molecule has 0 amide bonds. The van der Waals surface area contributed by atoms with Crippen molar-refractivity contribution in [3.63, 3.8) is 0 Å². The summed E-state index contributed by atoms with van der Waals surface area (Å²) >= 11 is 3.39. The first kappa shape index (κ1) is 17.8. The molecule has 2 aliphatic rings. The molecule has 1 N–H and O–H groups in total. The molecular weight excluding hydrogens is 408 g/mol. The highest BCUT2D eigenvalue weighted by Gasteiger charge is 2.49. The molecule has 1 aromatic heterocycles. The molecule has 0 saturated carbocycles. The second kappa shape index (κ2) is 5.95. The second-order valence-electron chi connectivity index (χ2n) is 6.85. The quantitative estimate of drug-likeness (QED) is 0.788. The smallest absolute Gasteiger partial charge is 0.202 e. The number of halogens is 1. The lowest BCUT2D eigenvalue weighted by atomic mass is 9.88. The average molecular weight is 427 g/mol. The summed E-state index contributed by atoms with van der Waals surface area (Å²) in [5.74, 6) is 0.0426. The van der Waals surface area contributed by atoms with E-state index in [0.717, 1.165) is 0 Å². The fourth-order valence-electron chi connectivity index (χ4n) is 3.76. The lowest BCUT2D eigenvalue weighted by Crippen LogP contribution is -2.31. The predicted molar refractivity (Wildman–Crippen MR) is 95.6 cm³/mol. The van der Waals surface area contributed by atoms with Crippen molar-refractivity contribution >= 4 is 26.9 Å². The van der Waals surface area contributed by atoms with Crippen LogP contribution >= 0.6 is 15.9 Å². The van der Waals surface area contributed by atoms with Gasteiger partial charge in [-0.25, -0.2) is 0 Å². The zero-order valence-corrected chi connectivity index (χ0v) is 16.4. The SMILES string of the molecule is COc1c(Br)cc(OC)c2c(=O)c3c(oc12)[C@H](O)C[C@H]1OC(C)(C)O[C@@H]31. The summed E-state index contributed by atoms with van der Waals surface area (Å²) in [6.45, 7) is 3.56. The van der Waals surface area contributed by atoms with Gasteiger partial charge < -0.3 is 28.5 Å². The Morgan fingerprint density at radius 1 is 1.27 bits per heavy atom. The van der Waals surface area contributed by atoms with E-state index in [1.807, 2.05) is 0 Å². The standard InChI is InChI=1S/C18H19BrO7/c1-18(2)25-10-6-8(20)15-12(16(10)26-18)13(21)11-9(22-3)5-7(19)14(23-4)17(11)24-15/h5,8,10,16,20H,6H2,1-4H3/t8-,10-,16-/m1/s1. The number of benzene rings is 1. The van der Waals surface area contributed by atoms with Crippen molar-refractivity contribution in [2.24, 2.45) is 0 Å². The number of ether oxygens (including phenoxy) is 4. The highest BCUT2D eigenvalue weighted by molar-refractivity contribution is 9.10. The maximum Gasteiger partial charge on any atom is 0.202 e. The number of hydrogen-bond acceptors (Lipinski definition) is 7. The average Bonchev–Trinajstić information content (AvgIpc) is 2.87. The third kappa shape index (κ3) is 2.47. The van der Waals surface area contributed by atoms with E-state index in [-0.39, 0.29) is 34.1 Å². The first-order chi connectivity index (χ1) is 12.3. The molecule has 140 valence electrons. The number of aliphatic hydroxyl groups excluding tert-OH is 1. The van der Waals surface area contributed by atoms with Gasteiger partial charge in [-0.15, -0.1) is 0 Å². The van der Waals surface area contributed by atoms with Gasteiger partial charge in [-0.2, -0.15) is 0 Å². The fourth-order valence-corrected chi connectivity index (χ4v) is 4.31. The summed E-state index contributed by atoms with van der Waals surface area (Å²) < 4.78 is 29.1. The van der Waals surface area contributed by atoms with Crippen LogP contribution in [0.2, 0.25) is 0 Å². The molecule has 1 aromatic carbocycles. The minimum Gasteiger partial charge on any atom is -0.496 e. The van der Waals surface area contributed by atoms with E-state index in [1.54, 1.807) is 19.9 Å². The third-order valence-corrected chi connectivity index (χ3v) is 5.34. The summed E-state index contributed by atoms with van der Waals surface area (Å²) in [5, 5.41) is 10.8. The number of aliphatic hydroxyl groups is 1. The topological polar surface area (TPSA) is 87.4 Å². The van der Waals surface area contributed by atoms with Crippen LogP contribution < -0.4 is 14.9 Å². The van der Waals surface area contributed by atoms with E-state index in [9.17, 15) is 9.90 Å². The summed E-state index contributed by atoms with van der Waals surface area (Å²) in [7, 11) is 2.96. The van der Waals surface area contributed by atoms with E-state index in [4.69, 9.17) is 23.4 Å². The van der Waals surface area contributed by atoms with Crippen LogP contribution in [0.15, 0.2) is 19.8 Å². The first-order valence-electron chi connectivity index (χ1n) is 8.22. The molecule has 1 saturated heterocycles. The minimum atomic E-state index is -0.976. The van der Waals surface area contributed by atoms with Crippen molar-refractivity contribution in [3.8, 4) is 11.5 Å². The van der Waals surface area contributed by atoms with Gasteiger partial charge in [-0.3, -0.25) is 4.79 Å². The number of rotatable bonds is 2. The molecular formula is C18H19BrO7. The van der Waals surface area contributed by atoms with Crippen LogP contribution in [0, 0.1) is 0 Å². The first-order valence-corrected chi connectivity index (χ1v) is 9.01. The summed E-state index contributed by atoms with van der Waals surface area (Å²) in [5.41, 5.74) is 0.173. The zero-order chi connectivity index (χ0) is 18.8. The molecule has 8 heteroatoms. The molecule has 1 aliphatic heterocycles. The van der Waals surface area contributed by atoms with Gasteiger partial charge >= 0.3 is 0 Å². The Morgan fingerprint density at radius 2 is 2.00 bits per heavy atom. The summed E-state index contributed by atoms with van der Waals surface area (Å²) in [6.07, 6.45) is -1.72. The lowest BCUT2D eigenvalue weighted by molar-refractivity contribution is -0.147. The fraction of sp³-hybridized carbons (Fsp3) is 0.500. The van der Waals surface area contributed by atoms with Crippen molar-refractivity contribution in [2.45, 2.75) is 44.4 Å². The van der Waals surface area contributed by atoms with Gasteiger partial charge in [-0.1, -0.05) is 0 Å². The molecule has 3 atom stereocenters. The zero-order valence-electron chi connectivity index (χ0n) is 14.8. The number of methoxy groups -OCH3 is 2. The molecule has 1 fully saturated rings. The van der Waals surface area contributed by atoms with Crippen LogP contribution in [-0.4, -0.2) is 31.2 Å². The van der Waals surface area contributed by atoms with Crippen LogP contribution in [0.25, 0.3) is 11.0 Å². The van der Waals surface area contributed by atoms with Gasteiger partial charge in [0.2, 0.25) is 5.43 Å². The van der Waals surface area contributed by atoms with Crippen LogP contribution in [0.4, 0.5) is 0 Å². The Morgan fingerprint density at radius 3 is 2.65 bits per heavy atom. The summed E-state index contributed by atoms with van der Waals surface area (Å²) in [4.78, 5) is 13.4. The Hall–Kier alpha value is -1.61. The van der Waals surface area contributed by atoms with Crippen LogP contribution in [0.5, 0.6) is 11.5 Å². The highest BCUT2D eigenvalue weighted by Crippen LogP contribution is 2.49. The van der Waals surface area contributed by atoms with Crippen LogP contribution in [-0.2, 0) is 9.47 Å². The van der Waals surface area contributed by atoms with Crippen molar-refractivity contribution in [1.29, 1.82) is 0 Å². The predicted octanol–water partition coefficient (Wildman–Crippen LogP) is 3.20. The van der Waals surface area contributed by atoms with Crippen molar-refractivity contribution < 1.29 is 28.5 Å². The van der Waals surface area contributed by atoms with Gasteiger partial charge in [0.05, 0.1) is 30.4 Å². The van der Waals surface area contributed by atoms with Gasteiger partial charge in [0.1, 0.15) is 29.1 Å². The van der Waals surface area contributed by atoms with Gasteiger partial charge in [-0.05, 0) is 35.8 Å². The van der Waals surface area contributed by atoms with E-state index in [0.29, 0.717) is 16.0 Å². The van der Waals surface area contributed by atoms with E-state index in [1.165, 1.54) is 14.2 Å². The molecule has 1 aliphatic carbocycles. The molecule has 0 radical (unpaired) electrons. The van der Waals surface area contributed by atoms with Gasteiger partial charge in [0.25, 0.3) is 0 Å². The third-order valence-electron chi connectivity index (χ3n) is 4.75. The normalized spacial score (nSPS) is 26.5. The lowest BCUT2D eigenvalue weighted by Gasteiger charge is -2.28. The van der Waals surface area contributed by atoms with Crippen LogP contribution in [0.3, 0.4) is 0 Å². The van der Waals surface area contributed by atoms with Crippen molar-refractivity contribution in [1.82, 2.24) is 0 Å². The highest BCUT2D eigenvalue weighted by atomic mass is 79.9. The molecule has 2 aromatic rings. The van der Waals surface area contributed by atoms with Crippen molar-refractivity contribution in [2.75, 3.05) is 14.2 Å². The Kier molecular flexibility index (Phi) is 4.07. The second-order valence-corrected chi connectivity index (χ2v) is 7.71. The van der Waals surface area contributed by atoms with E-state index < -0.39 is 24.1 Å². The van der Waals surface area contributed by atoms with E-state index in [2.05, 4.69) is 15.9 Å². The molecule has 0 unspecified atom stereocenters. The Labute approximate surface area is 157 Å². The monoisotopic (exact) mass is 426 g/mol. The largest absolute Gasteiger partial charge is 0.496 e. The molecule has 4 rings (SSSR count). The van der Waals surface area contributed by atoms with Crippen LogP contribution in [0.1, 0.15) is 43.8 Å². The maximum absolute atomic E-state index is 13.4. The molecule has 0 spiro atoms. The molecule has 26 heavy (non-hydrogen) atoms. The van der Waals surface area contributed by atoms with E-state index >= 15 is 0 Å². The molecule has 7 nitrogen and oxygen atoms in total. The van der Waals surface area contributed by atoms with Gasteiger partial charge in [0, 0.05) is 6.42 Å². The maximum atomic E-state index is 13.4. The Balaban J connectivity index is 2.07. The molecule has 0 bridgehead atoms. The summed E-state index contributed by atoms with van der Waals surface area (Å²) in [6, 6.07) is 1.65. The number of hydrogen-bond donors (Lipinski definition) is 1. The number of fused-ring (bicyclic) bond motifs is 4. The Bertz CT molecular complexity index is 949. The molecule has 2 heterocycles. The van der Waals surface area contributed by atoms with Crippen molar-refractivity contribution in [3.05, 3.63) is 32.1 Å². The van der Waals surface area contributed by atoms with Gasteiger partial charge in [0.15, 0.2) is 17.1 Å². The minimum absolute atomic E-state index is 0.184.